The van der Waals surface area contributed by atoms with Crippen LogP contribution in [-0.2, 0) is 9.59 Å². The molecule has 1 aliphatic heterocycles. The molecule has 0 aromatic heterocycles. The molecule has 2 amide bonds. The van der Waals surface area contributed by atoms with E-state index in [1.807, 2.05) is 13.8 Å². The third kappa shape index (κ3) is 2.11. The van der Waals surface area contributed by atoms with Crippen molar-refractivity contribution in [2.45, 2.75) is 54.0 Å². The van der Waals surface area contributed by atoms with Crippen molar-refractivity contribution < 1.29 is 9.59 Å². The Bertz CT molecular complexity index is 354. The highest BCUT2D eigenvalue weighted by molar-refractivity contribution is 6.06. The summed E-state index contributed by atoms with van der Waals surface area (Å²) in [5, 5.41) is 0. The summed E-state index contributed by atoms with van der Waals surface area (Å²) < 4.78 is 0. The molecule has 2 aliphatic rings. The molecule has 1 saturated carbocycles. The highest BCUT2D eigenvalue weighted by atomic mass is 16.2. The van der Waals surface area contributed by atoms with Crippen LogP contribution < -0.4 is 0 Å². The van der Waals surface area contributed by atoms with Gasteiger partial charge in [0, 0.05) is 6.04 Å². The number of rotatable bonds is 3. The van der Waals surface area contributed by atoms with Gasteiger partial charge in [-0.3, -0.25) is 14.5 Å². The van der Waals surface area contributed by atoms with E-state index in [0.29, 0.717) is 23.7 Å². The first-order chi connectivity index (χ1) is 8.77. The molecule has 4 unspecified atom stereocenters. The number of amides is 2. The lowest BCUT2D eigenvalue weighted by Gasteiger charge is -2.26. The molecule has 2 fully saturated rings. The zero-order valence-corrected chi connectivity index (χ0v) is 13.0. The van der Waals surface area contributed by atoms with Crippen molar-refractivity contribution in [3.8, 4) is 0 Å². The van der Waals surface area contributed by atoms with Crippen molar-refractivity contribution in [1.29, 1.82) is 0 Å². The number of hydrogen-bond donors (Lipinski definition) is 0. The molecular formula is C16H27NO2. The lowest BCUT2D eigenvalue weighted by Crippen LogP contribution is -2.39. The van der Waals surface area contributed by atoms with Crippen molar-refractivity contribution in [3.05, 3.63) is 0 Å². The third-order valence-electron chi connectivity index (χ3n) is 5.13. The second-order valence-corrected chi connectivity index (χ2v) is 7.24. The van der Waals surface area contributed by atoms with E-state index >= 15 is 0 Å². The number of hydrogen-bond acceptors (Lipinski definition) is 2. The van der Waals surface area contributed by atoms with E-state index in [4.69, 9.17) is 0 Å². The zero-order valence-electron chi connectivity index (χ0n) is 13.0. The predicted molar refractivity (Wildman–Crippen MR) is 75.2 cm³/mol. The number of carbonyl (C=O) groups excluding carboxylic acids is 2. The molecule has 1 heterocycles. The fourth-order valence-electron chi connectivity index (χ4n) is 4.13. The standard InChI is InChI=1S/C16H27NO2/c1-8(2)11-7-12(9(3)4)14-13(11)15(18)17(10(5)6)16(14)19/h8-14H,7H2,1-6H3. The molecule has 0 N–H and O–H groups in total. The van der Waals surface area contributed by atoms with Crippen LogP contribution in [0.3, 0.4) is 0 Å². The molecule has 1 aliphatic carbocycles. The Labute approximate surface area is 116 Å². The maximum absolute atomic E-state index is 12.6. The van der Waals surface area contributed by atoms with Gasteiger partial charge >= 0.3 is 0 Å². The lowest BCUT2D eigenvalue weighted by atomic mass is 9.82. The SMILES string of the molecule is CC(C)C1CC(C(C)C)C2C(=O)N(C(C)C)C(=O)C12. The van der Waals surface area contributed by atoms with Gasteiger partial charge in [-0.15, -0.1) is 0 Å². The fraction of sp³-hybridized carbons (Fsp3) is 0.875. The van der Waals surface area contributed by atoms with Crippen molar-refractivity contribution >= 4 is 11.8 Å². The molecule has 4 atom stereocenters. The summed E-state index contributed by atoms with van der Waals surface area (Å²) in [5.41, 5.74) is 0. The van der Waals surface area contributed by atoms with Gasteiger partial charge in [0.15, 0.2) is 0 Å². The second-order valence-electron chi connectivity index (χ2n) is 7.24. The first kappa shape index (κ1) is 14.5. The Morgan fingerprint density at radius 3 is 1.47 bits per heavy atom. The summed E-state index contributed by atoms with van der Waals surface area (Å²) in [7, 11) is 0. The average Bonchev–Trinajstić information content (AvgIpc) is 2.77. The highest BCUT2D eigenvalue weighted by Crippen LogP contribution is 2.52. The minimum Gasteiger partial charge on any atom is -0.280 e. The largest absolute Gasteiger partial charge is 0.280 e. The topological polar surface area (TPSA) is 37.4 Å². The van der Waals surface area contributed by atoms with E-state index in [1.165, 1.54) is 4.90 Å². The van der Waals surface area contributed by atoms with E-state index in [0.717, 1.165) is 6.42 Å². The number of carbonyl (C=O) groups is 2. The molecule has 0 radical (unpaired) electrons. The van der Waals surface area contributed by atoms with Crippen LogP contribution in [0.4, 0.5) is 0 Å². The number of likely N-dealkylation sites (tertiary alicyclic amines) is 1. The highest BCUT2D eigenvalue weighted by Gasteiger charge is 2.59. The number of nitrogens with zero attached hydrogens (tertiary/aromatic N) is 1. The van der Waals surface area contributed by atoms with E-state index in [-0.39, 0.29) is 29.7 Å². The minimum atomic E-state index is -0.0534. The van der Waals surface area contributed by atoms with Gasteiger partial charge in [0.25, 0.3) is 0 Å². The Morgan fingerprint density at radius 2 is 1.21 bits per heavy atom. The predicted octanol–water partition coefficient (Wildman–Crippen LogP) is 2.94. The van der Waals surface area contributed by atoms with E-state index < -0.39 is 0 Å². The lowest BCUT2D eigenvalue weighted by molar-refractivity contribution is -0.143. The summed E-state index contributed by atoms with van der Waals surface area (Å²) >= 11 is 0. The van der Waals surface area contributed by atoms with Gasteiger partial charge < -0.3 is 0 Å². The molecule has 19 heavy (non-hydrogen) atoms. The van der Waals surface area contributed by atoms with Gasteiger partial charge in [0.05, 0.1) is 11.8 Å². The third-order valence-corrected chi connectivity index (χ3v) is 5.13. The zero-order chi connectivity index (χ0) is 14.5. The summed E-state index contributed by atoms with van der Waals surface area (Å²) in [5.74, 6) is 1.76. The van der Waals surface area contributed by atoms with Crippen LogP contribution in [0, 0.1) is 35.5 Å². The monoisotopic (exact) mass is 265 g/mol. The van der Waals surface area contributed by atoms with Crippen molar-refractivity contribution in [3.63, 3.8) is 0 Å². The molecule has 1 saturated heterocycles. The van der Waals surface area contributed by atoms with E-state index in [2.05, 4.69) is 27.7 Å². The molecular weight excluding hydrogens is 238 g/mol. The number of fused-ring (bicyclic) bond motifs is 1. The first-order valence-electron chi connectivity index (χ1n) is 7.64. The van der Waals surface area contributed by atoms with Gasteiger partial charge in [-0.2, -0.15) is 0 Å². The molecule has 0 aromatic carbocycles. The van der Waals surface area contributed by atoms with Crippen molar-refractivity contribution in [1.82, 2.24) is 4.90 Å². The number of imide groups is 1. The normalized spacial score (nSPS) is 35.1. The van der Waals surface area contributed by atoms with Crippen molar-refractivity contribution in [2.75, 3.05) is 0 Å². The second kappa shape index (κ2) is 4.92. The van der Waals surface area contributed by atoms with Gasteiger partial charge in [-0.05, 0) is 43.9 Å². The smallest absolute Gasteiger partial charge is 0.233 e. The Kier molecular flexibility index (Phi) is 3.76. The molecule has 0 spiro atoms. The van der Waals surface area contributed by atoms with Gasteiger partial charge in [-0.1, -0.05) is 27.7 Å². The fourth-order valence-corrected chi connectivity index (χ4v) is 4.13. The van der Waals surface area contributed by atoms with Gasteiger partial charge in [-0.25, -0.2) is 0 Å². The van der Waals surface area contributed by atoms with Crippen LogP contribution in [0.2, 0.25) is 0 Å². The van der Waals surface area contributed by atoms with Gasteiger partial charge in [0.2, 0.25) is 11.8 Å². The minimum absolute atomic E-state index is 0.00813. The average molecular weight is 265 g/mol. The molecule has 2 rings (SSSR count). The van der Waals surface area contributed by atoms with E-state index in [1.54, 1.807) is 0 Å². The Morgan fingerprint density at radius 1 is 0.842 bits per heavy atom. The summed E-state index contributed by atoms with van der Waals surface area (Å²) in [4.78, 5) is 26.8. The molecule has 0 bridgehead atoms. The van der Waals surface area contributed by atoms with Crippen LogP contribution in [0.1, 0.15) is 48.0 Å². The summed E-state index contributed by atoms with van der Waals surface area (Å²) in [6.07, 6.45) is 1.04. The van der Waals surface area contributed by atoms with Crippen LogP contribution in [0.5, 0.6) is 0 Å². The maximum atomic E-state index is 12.6. The summed E-state index contributed by atoms with van der Waals surface area (Å²) in [6.45, 7) is 12.6. The molecule has 108 valence electrons. The van der Waals surface area contributed by atoms with Crippen LogP contribution in [-0.4, -0.2) is 22.8 Å². The summed E-state index contributed by atoms with van der Waals surface area (Å²) in [6, 6.07) is -0.00813. The quantitative estimate of drug-likeness (QED) is 0.736. The van der Waals surface area contributed by atoms with Crippen molar-refractivity contribution in [2.24, 2.45) is 35.5 Å². The molecule has 0 aromatic rings. The van der Waals surface area contributed by atoms with Crippen LogP contribution in [0.25, 0.3) is 0 Å². The van der Waals surface area contributed by atoms with Crippen LogP contribution in [0.15, 0.2) is 0 Å². The van der Waals surface area contributed by atoms with Gasteiger partial charge in [0.1, 0.15) is 0 Å². The van der Waals surface area contributed by atoms with Crippen LogP contribution >= 0.6 is 0 Å². The maximum Gasteiger partial charge on any atom is 0.233 e. The Balaban J connectivity index is 2.38. The Hall–Kier alpha value is -0.860. The first-order valence-corrected chi connectivity index (χ1v) is 7.64. The molecule has 3 nitrogen and oxygen atoms in total. The van der Waals surface area contributed by atoms with E-state index in [9.17, 15) is 9.59 Å². The molecule has 3 heteroatoms.